The molecule has 0 aliphatic carbocycles. The molecule has 2 aromatic heterocycles. The number of methoxy groups -OCH3 is 2. The summed E-state index contributed by atoms with van der Waals surface area (Å²) < 4.78 is 21.4. The molecule has 8 heteroatoms. The molecule has 0 saturated heterocycles. The normalized spacial score (nSPS) is 10.8. The molecular formula is C23H20N2O6. The van der Waals surface area contributed by atoms with Gasteiger partial charge in [0.25, 0.3) is 5.88 Å². The molecule has 0 unspecified atom stereocenters. The Labute approximate surface area is 177 Å². The number of amides is 1. The van der Waals surface area contributed by atoms with Gasteiger partial charge in [-0.1, -0.05) is 12.1 Å². The molecule has 158 valence electrons. The highest BCUT2D eigenvalue weighted by atomic mass is 16.5. The lowest BCUT2D eigenvalue weighted by atomic mass is 10.1. The van der Waals surface area contributed by atoms with Crippen molar-refractivity contribution in [2.24, 2.45) is 0 Å². The maximum atomic E-state index is 12.6. The van der Waals surface area contributed by atoms with E-state index in [1.54, 1.807) is 37.4 Å². The molecule has 0 fully saturated rings. The Morgan fingerprint density at radius 1 is 1.06 bits per heavy atom. The van der Waals surface area contributed by atoms with Gasteiger partial charge in [-0.25, -0.2) is 0 Å². The van der Waals surface area contributed by atoms with Crippen LogP contribution in [0.4, 0.5) is 5.69 Å². The van der Waals surface area contributed by atoms with E-state index in [2.05, 4.69) is 10.5 Å². The Balaban J connectivity index is 1.55. The van der Waals surface area contributed by atoms with Gasteiger partial charge < -0.3 is 23.7 Å². The Morgan fingerprint density at radius 3 is 2.68 bits per heavy atom. The van der Waals surface area contributed by atoms with Gasteiger partial charge >= 0.3 is 0 Å². The van der Waals surface area contributed by atoms with E-state index in [1.165, 1.54) is 13.2 Å². The summed E-state index contributed by atoms with van der Waals surface area (Å²) >= 11 is 0. The molecule has 31 heavy (non-hydrogen) atoms. The summed E-state index contributed by atoms with van der Waals surface area (Å²) in [4.78, 5) is 24.9. The van der Waals surface area contributed by atoms with Gasteiger partial charge in [-0.2, -0.15) is 0 Å². The van der Waals surface area contributed by atoms with Crippen LogP contribution < -0.4 is 20.2 Å². The lowest BCUT2D eigenvalue weighted by molar-refractivity contribution is -0.116. The van der Waals surface area contributed by atoms with Crippen LogP contribution in [0.15, 0.2) is 68.3 Å². The molecule has 0 atom stereocenters. The van der Waals surface area contributed by atoms with Crippen molar-refractivity contribution in [2.75, 3.05) is 19.5 Å². The average Bonchev–Trinajstić information content (AvgIpc) is 3.25. The number of rotatable bonds is 7. The van der Waals surface area contributed by atoms with Crippen molar-refractivity contribution in [3.63, 3.8) is 0 Å². The SMILES string of the molecule is COc1cc(CCC(=O)Nc2ccc3c(=O)cc(-c4ccccc4OC)oc3c2)on1. The summed E-state index contributed by atoms with van der Waals surface area (Å²) in [6, 6.07) is 15.3. The van der Waals surface area contributed by atoms with Crippen LogP contribution in [-0.4, -0.2) is 25.3 Å². The number of anilines is 1. The van der Waals surface area contributed by atoms with Crippen molar-refractivity contribution in [2.45, 2.75) is 12.8 Å². The van der Waals surface area contributed by atoms with E-state index < -0.39 is 0 Å². The monoisotopic (exact) mass is 420 g/mol. The van der Waals surface area contributed by atoms with Crippen LogP contribution in [0.3, 0.4) is 0 Å². The molecule has 4 rings (SSSR count). The smallest absolute Gasteiger partial charge is 0.254 e. The number of hydrogen-bond acceptors (Lipinski definition) is 7. The molecule has 0 saturated carbocycles. The molecule has 1 amide bonds. The number of fused-ring (bicyclic) bond motifs is 1. The van der Waals surface area contributed by atoms with Crippen molar-refractivity contribution in [1.82, 2.24) is 5.16 Å². The van der Waals surface area contributed by atoms with Crippen molar-refractivity contribution in [3.8, 4) is 23.0 Å². The lowest BCUT2D eigenvalue weighted by Crippen LogP contribution is -2.12. The highest BCUT2D eigenvalue weighted by molar-refractivity contribution is 5.93. The first-order valence-corrected chi connectivity index (χ1v) is 9.58. The largest absolute Gasteiger partial charge is 0.496 e. The maximum Gasteiger partial charge on any atom is 0.254 e. The molecule has 8 nitrogen and oxygen atoms in total. The van der Waals surface area contributed by atoms with E-state index in [1.807, 2.05) is 18.2 Å². The third-order valence-electron chi connectivity index (χ3n) is 4.73. The number of carbonyl (C=O) groups is 1. The van der Waals surface area contributed by atoms with Crippen LogP contribution in [-0.2, 0) is 11.2 Å². The van der Waals surface area contributed by atoms with Crippen LogP contribution in [0.2, 0.25) is 0 Å². The van der Waals surface area contributed by atoms with Crippen molar-refractivity contribution < 1.29 is 23.2 Å². The number of hydrogen-bond donors (Lipinski definition) is 1. The summed E-state index contributed by atoms with van der Waals surface area (Å²) in [5, 5.41) is 6.93. The highest BCUT2D eigenvalue weighted by Gasteiger charge is 2.13. The van der Waals surface area contributed by atoms with Gasteiger partial charge in [0.05, 0.1) is 25.2 Å². The van der Waals surface area contributed by atoms with Gasteiger partial charge in [0.1, 0.15) is 22.9 Å². The number of aryl methyl sites for hydroxylation is 1. The van der Waals surface area contributed by atoms with E-state index in [9.17, 15) is 9.59 Å². The minimum Gasteiger partial charge on any atom is -0.496 e. The van der Waals surface area contributed by atoms with Gasteiger partial charge in [-0.3, -0.25) is 9.59 Å². The summed E-state index contributed by atoms with van der Waals surface area (Å²) in [5.41, 5.74) is 1.37. The summed E-state index contributed by atoms with van der Waals surface area (Å²) in [6.45, 7) is 0. The molecule has 1 N–H and O–H groups in total. The van der Waals surface area contributed by atoms with E-state index in [0.29, 0.717) is 51.8 Å². The van der Waals surface area contributed by atoms with Crippen LogP contribution in [0.25, 0.3) is 22.3 Å². The zero-order valence-corrected chi connectivity index (χ0v) is 17.0. The van der Waals surface area contributed by atoms with Crippen molar-refractivity contribution in [1.29, 1.82) is 0 Å². The number of aromatic nitrogens is 1. The van der Waals surface area contributed by atoms with Gasteiger partial charge in [-0.05, 0) is 29.4 Å². The number of ether oxygens (including phenoxy) is 2. The molecule has 0 aliphatic heterocycles. The Hall–Kier alpha value is -4.07. The Bertz CT molecular complexity index is 1290. The number of nitrogens with zero attached hydrogens (tertiary/aromatic N) is 1. The molecule has 0 aliphatic rings. The van der Waals surface area contributed by atoms with Gasteiger partial charge in [-0.15, -0.1) is 0 Å². The number of benzene rings is 2. The van der Waals surface area contributed by atoms with Crippen LogP contribution >= 0.6 is 0 Å². The van der Waals surface area contributed by atoms with Gasteiger partial charge in [0, 0.05) is 36.7 Å². The van der Waals surface area contributed by atoms with Crippen molar-refractivity contribution >= 4 is 22.6 Å². The maximum absolute atomic E-state index is 12.6. The average molecular weight is 420 g/mol. The molecule has 4 aromatic rings. The molecule has 2 heterocycles. The summed E-state index contributed by atoms with van der Waals surface area (Å²) in [7, 11) is 3.05. The lowest BCUT2D eigenvalue weighted by Gasteiger charge is -2.09. The predicted octanol–water partition coefficient (Wildman–Crippen LogP) is 4.04. The zero-order chi connectivity index (χ0) is 21.8. The van der Waals surface area contributed by atoms with Crippen LogP contribution in [0.1, 0.15) is 12.2 Å². The quantitative estimate of drug-likeness (QED) is 0.481. The highest BCUT2D eigenvalue weighted by Crippen LogP contribution is 2.31. The fourth-order valence-electron chi connectivity index (χ4n) is 3.18. The van der Waals surface area contributed by atoms with Gasteiger partial charge in [0.2, 0.25) is 5.91 Å². The molecular weight excluding hydrogens is 400 g/mol. The van der Waals surface area contributed by atoms with Crippen molar-refractivity contribution in [3.05, 3.63) is 70.6 Å². The molecule has 0 bridgehead atoms. The minimum atomic E-state index is -0.210. The predicted molar refractivity (Wildman–Crippen MR) is 114 cm³/mol. The number of carbonyl (C=O) groups excluding carboxylic acids is 1. The first-order chi connectivity index (χ1) is 15.1. The zero-order valence-electron chi connectivity index (χ0n) is 17.0. The molecule has 2 aromatic carbocycles. The number of nitrogens with one attached hydrogen (secondary N) is 1. The molecule has 0 spiro atoms. The van der Waals surface area contributed by atoms with E-state index >= 15 is 0 Å². The third-order valence-corrected chi connectivity index (χ3v) is 4.73. The second kappa shape index (κ2) is 8.74. The fourth-order valence-corrected chi connectivity index (χ4v) is 3.18. The first kappa shape index (κ1) is 20.2. The van der Waals surface area contributed by atoms with Crippen LogP contribution in [0, 0.1) is 0 Å². The second-order valence-electron chi connectivity index (χ2n) is 6.77. The fraction of sp³-hybridized carbons (Fsp3) is 0.174. The minimum absolute atomic E-state index is 0.181. The third kappa shape index (κ3) is 4.42. The van der Waals surface area contributed by atoms with Crippen LogP contribution in [0.5, 0.6) is 11.6 Å². The summed E-state index contributed by atoms with van der Waals surface area (Å²) in [6.07, 6.45) is 0.574. The number of para-hydroxylation sites is 1. The van der Waals surface area contributed by atoms with E-state index in [0.717, 1.165) is 0 Å². The topological polar surface area (TPSA) is 104 Å². The van der Waals surface area contributed by atoms with Gasteiger partial charge in [0.15, 0.2) is 5.43 Å². The first-order valence-electron chi connectivity index (χ1n) is 9.58. The Kier molecular flexibility index (Phi) is 5.70. The van der Waals surface area contributed by atoms with E-state index in [4.69, 9.17) is 18.4 Å². The molecule has 0 radical (unpaired) electrons. The second-order valence-corrected chi connectivity index (χ2v) is 6.77. The standard InChI is InChI=1S/C23H20N2O6/c1-28-19-6-4-3-5-17(19)21-13-18(26)16-9-7-14(11-20(16)30-21)24-22(27)10-8-15-12-23(29-2)25-31-15/h3-7,9,11-13H,8,10H2,1-2H3,(H,24,27). The summed E-state index contributed by atoms with van der Waals surface area (Å²) in [5.74, 6) is 1.69. The Morgan fingerprint density at radius 2 is 1.90 bits per heavy atom. The van der Waals surface area contributed by atoms with E-state index in [-0.39, 0.29) is 17.8 Å².